The maximum atomic E-state index is 12.3. The topological polar surface area (TPSA) is 72.5 Å². The minimum atomic E-state index is -0.637. The smallest absolute Gasteiger partial charge is 0.325 e. The number of nitrogens with one attached hydrogen (secondary N) is 1. The number of fused-ring (bicyclic) bond motifs is 1. The van der Waals surface area contributed by atoms with Crippen LogP contribution in [0.25, 0.3) is 0 Å². The van der Waals surface area contributed by atoms with E-state index in [9.17, 15) is 14.4 Å². The molecular formula is C22H23NO4. The van der Waals surface area contributed by atoms with Crippen molar-refractivity contribution in [2.45, 2.75) is 32.6 Å². The Hall–Kier alpha value is -2.95. The molecule has 140 valence electrons. The van der Waals surface area contributed by atoms with Gasteiger partial charge < -0.3 is 10.1 Å². The first-order chi connectivity index (χ1) is 13.0. The molecule has 1 aliphatic rings. The van der Waals surface area contributed by atoms with Crippen LogP contribution in [0.1, 0.15) is 50.2 Å². The van der Waals surface area contributed by atoms with E-state index in [1.165, 1.54) is 17.5 Å². The van der Waals surface area contributed by atoms with Crippen LogP contribution in [0, 0.1) is 6.92 Å². The van der Waals surface area contributed by atoms with E-state index in [-0.39, 0.29) is 24.8 Å². The lowest BCUT2D eigenvalue weighted by atomic mass is 9.90. The van der Waals surface area contributed by atoms with Crippen LogP contribution >= 0.6 is 0 Å². The molecule has 0 heterocycles. The molecule has 5 nitrogen and oxygen atoms in total. The van der Waals surface area contributed by atoms with Crippen molar-refractivity contribution in [1.29, 1.82) is 0 Å². The highest BCUT2D eigenvalue weighted by molar-refractivity contribution is 5.99. The molecule has 2 aromatic carbocycles. The molecule has 0 aromatic heterocycles. The van der Waals surface area contributed by atoms with Gasteiger partial charge in [0.25, 0.3) is 5.91 Å². The summed E-state index contributed by atoms with van der Waals surface area (Å²) in [5, 5.41) is 2.51. The predicted molar refractivity (Wildman–Crippen MR) is 102 cm³/mol. The van der Waals surface area contributed by atoms with Gasteiger partial charge in [0.15, 0.2) is 12.4 Å². The summed E-state index contributed by atoms with van der Waals surface area (Å²) in [5.74, 6) is -1.22. The second-order valence-corrected chi connectivity index (χ2v) is 6.83. The maximum absolute atomic E-state index is 12.3. The number of hydrogen-bond acceptors (Lipinski definition) is 4. The second-order valence-electron chi connectivity index (χ2n) is 6.83. The van der Waals surface area contributed by atoms with E-state index in [1.54, 1.807) is 24.3 Å². The third-order valence-corrected chi connectivity index (χ3v) is 4.71. The van der Waals surface area contributed by atoms with E-state index in [4.69, 9.17) is 4.74 Å². The molecule has 3 rings (SSSR count). The first-order valence-electron chi connectivity index (χ1n) is 9.18. The summed E-state index contributed by atoms with van der Waals surface area (Å²) in [7, 11) is 0. The van der Waals surface area contributed by atoms with Crippen LogP contribution in [0.5, 0.6) is 0 Å². The third kappa shape index (κ3) is 5.03. The van der Waals surface area contributed by atoms with Crippen molar-refractivity contribution in [3.05, 3.63) is 70.3 Å². The maximum Gasteiger partial charge on any atom is 0.325 e. The Morgan fingerprint density at radius 1 is 0.963 bits per heavy atom. The van der Waals surface area contributed by atoms with Crippen LogP contribution in [0.4, 0.5) is 0 Å². The summed E-state index contributed by atoms with van der Waals surface area (Å²) in [6, 6.07) is 12.8. The van der Waals surface area contributed by atoms with Crippen LogP contribution < -0.4 is 5.32 Å². The molecule has 0 radical (unpaired) electrons. The summed E-state index contributed by atoms with van der Waals surface area (Å²) in [4.78, 5) is 36.1. The minimum absolute atomic E-state index is 0.235. The van der Waals surface area contributed by atoms with Crippen LogP contribution in [-0.4, -0.2) is 30.8 Å². The number of hydrogen-bond donors (Lipinski definition) is 1. The predicted octanol–water partition coefficient (Wildman–Crippen LogP) is 3.03. The van der Waals surface area contributed by atoms with Gasteiger partial charge in [0.05, 0.1) is 0 Å². The first-order valence-corrected chi connectivity index (χ1v) is 9.18. The van der Waals surface area contributed by atoms with E-state index in [0.717, 1.165) is 24.8 Å². The van der Waals surface area contributed by atoms with Gasteiger partial charge in [-0.25, -0.2) is 0 Å². The molecule has 2 aromatic rings. The fraction of sp³-hybridized carbons (Fsp3) is 0.318. The van der Waals surface area contributed by atoms with Crippen LogP contribution in [0.3, 0.4) is 0 Å². The molecule has 1 amide bonds. The fourth-order valence-corrected chi connectivity index (χ4v) is 3.23. The molecule has 1 N–H and O–H groups in total. The largest absolute Gasteiger partial charge is 0.456 e. The van der Waals surface area contributed by atoms with E-state index >= 15 is 0 Å². The Morgan fingerprint density at radius 3 is 2.52 bits per heavy atom. The normalized spacial score (nSPS) is 12.8. The van der Waals surface area contributed by atoms with Crippen molar-refractivity contribution in [2.75, 3.05) is 13.2 Å². The Labute approximate surface area is 158 Å². The molecule has 0 saturated carbocycles. The number of carbonyl (C=O) groups is 3. The number of rotatable bonds is 6. The van der Waals surface area contributed by atoms with Gasteiger partial charge in [0.1, 0.15) is 6.54 Å². The van der Waals surface area contributed by atoms with Crippen LogP contribution in [0.2, 0.25) is 0 Å². The standard InChI is InChI=1S/C22H23NO4/c1-15-5-4-8-19(11-15)22(26)23-13-21(25)27-14-20(24)18-10-9-16-6-2-3-7-17(16)12-18/h4-5,8-12H,2-3,6-7,13-14H2,1H3,(H,23,26). The summed E-state index contributed by atoms with van der Waals surface area (Å²) in [6.07, 6.45) is 4.37. The zero-order chi connectivity index (χ0) is 19.2. The van der Waals surface area contributed by atoms with Gasteiger partial charge >= 0.3 is 5.97 Å². The van der Waals surface area contributed by atoms with Crippen LogP contribution in [0.15, 0.2) is 42.5 Å². The molecule has 1 aliphatic carbocycles. The number of Topliss-reactive ketones (excluding diaryl/α,β-unsaturated/α-hetero) is 1. The van der Waals surface area contributed by atoms with Gasteiger partial charge in [0, 0.05) is 11.1 Å². The van der Waals surface area contributed by atoms with Crippen molar-refractivity contribution in [3.8, 4) is 0 Å². The average molecular weight is 365 g/mol. The molecule has 0 spiro atoms. The Bertz CT molecular complexity index is 872. The molecule has 27 heavy (non-hydrogen) atoms. The monoisotopic (exact) mass is 365 g/mol. The lowest BCUT2D eigenvalue weighted by Crippen LogP contribution is -2.31. The lowest BCUT2D eigenvalue weighted by molar-refractivity contribution is -0.141. The fourth-order valence-electron chi connectivity index (χ4n) is 3.23. The van der Waals surface area contributed by atoms with Gasteiger partial charge in [-0.1, -0.05) is 29.8 Å². The van der Waals surface area contributed by atoms with Crippen molar-refractivity contribution < 1.29 is 19.1 Å². The van der Waals surface area contributed by atoms with E-state index < -0.39 is 5.97 Å². The van der Waals surface area contributed by atoms with Crippen molar-refractivity contribution >= 4 is 17.7 Å². The highest BCUT2D eigenvalue weighted by atomic mass is 16.5. The quantitative estimate of drug-likeness (QED) is 0.631. The number of esters is 1. The summed E-state index contributed by atoms with van der Waals surface area (Å²) in [6.45, 7) is 1.29. The zero-order valence-electron chi connectivity index (χ0n) is 15.4. The molecule has 0 saturated heterocycles. The summed E-state index contributed by atoms with van der Waals surface area (Å²) >= 11 is 0. The molecule has 0 atom stereocenters. The Kier molecular flexibility index (Phi) is 6.01. The first kappa shape index (κ1) is 18.8. The van der Waals surface area contributed by atoms with Crippen LogP contribution in [-0.2, 0) is 22.4 Å². The van der Waals surface area contributed by atoms with Gasteiger partial charge in [-0.05, 0) is 61.9 Å². The third-order valence-electron chi connectivity index (χ3n) is 4.71. The SMILES string of the molecule is Cc1cccc(C(=O)NCC(=O)OCC(=O)c2ccc3c(c2)CCCC3)c1. The summed E-state index contributed by atoms with van der Waals surface area (Å²) in [5.41, 5.74) is 4.51. The number of amides is 1. The number of carbonyl (C=O) groups excluding carboxylic acids is 3. The van der Waals surface area contributed by atoms with Gasteiger partial charge in [0.2, 0.25) is 0 Å². The molecule has 0 unspecified atom stereocenters. The van der Waals surface area contributed by atoms with E-state index in [2.05, 4.69) is 5.32 Å². The molecule has 0 fully saturated rings. The number of ketones is 1. The lowest BCUT2D eigenvalue weighted by Gasteiger charge is -2.16. The van der Waals surface area contributed by atoms with Crippen molar-refractivity contribution in [2.24, 2.45) is 0 Å². The average Bonchev–Trinajstić information content (AvgIpc) is 2.69. The highest BCUT2D eigenvalue weighted by Crippen LogP contribution is 2.22. The Morgan fingerprint density at radius 2 is 1.74 bits per heavy atom. The minimum Gasteiger partial charge on any atom is -0.456 e. The molecule has 0 aliphatic heterocycles. The molecule has 5 heteroatoms. The highest BCUT2D eigenvalue weighted by Gasteiger charge is 2.15. The zero-order valence-corrected chi connectivity index (χ0v) is 15.4. The summed E-state index contributed by atoms with van der Waals surface area (Å²) < 4.78 is 5.01. The Balaban J connectivity index is 1.47. The van der Waals surface area contributed by atoms with Crippen molar-refractivity contribution in [3.63, 3.8) is 0 Å². The van der Waals surface area contributed by atoms with Gasteiger partial charge in [-0.15, -0.1) is 0 Å². The van der Waals surface area contributed by atoms with Crippen molar-refractivity contribution in [1.82, 2.24) is 5.32 Å². The second kappa shape index (κ2) is 8.62. The van der Waals surface area contributed by atoms with Gasteiger partial charge in [-0.2, -0.15) is 0 Å². The number of ether oxygens (including phenoxy) is 1. The number of aryl methyl sites for hydroxylation is 3. The molecule has 0 bridgehead atoms. The number of benzene rings is 2. The van der Waals surface area contributed by atoms with E-state index in [0.29, 0.717) is 11.1 Å². The van der Waals surface area contributed by atoms with Gasteiger partial charge in [-0.3, -0.25) is 14.4 Å². The van der Waals surface area contributed by atoms with E-state index in [1.807, 2.05) is 25.1 Å². The molecular weight excluding hydrogens is 342 g/mol.